The average molecular weight is 219 g/mol. The molecule has 0 spiro atoms. The number of rotatable bonds is 8. The first-order valence-electron chi connectivity index (χ1n) is 5.26. The standard InChI is InChI=1S/C10H21NO4/c1-9(2)3-6-14-7-4-11-10(13)15-8-5-12/h9,12H,3-8H2,1-2H3,(H,11,13). The normalized spacial score (nSPS) is 10.4. The number of alkyl carbamates (subject to hydrolysis) is 1. The van der Waals surface area contributed by atoms with E-state index in [1.807, 2.05) is 0 Å². The van der Waals surface area contributed by atoms with E-state index in [4.69, 9.17) is 9.84 Å². The van der Waals surface area contributed by atoms with Gasteiger partial charge in [-0.2, -0.15) is 0 Å². The van der Waals surface area contributed by atoms with Gasteiger partial charge in [0.15, 0.2) is 0 Å². The highest BCUT2D eigenvalue weighted by molar-refractivity contribution is 5.66. The monoisotopic (exact) mass is 219 g/mol. The van der Waals surface area contributed by atoms with Crippen LogP contribution in [0.4, 0.5) is 4.79 Å². The molecule has 0 aliphatic carbocycles. The molecule has 0 saturated carbocycles. The van der Waals surface area contributed by atoms with E-state index in [1.165, 1.54) is 0 Å². The van der Waals surface area contributed by atoms with Gasteiger partial charge >= 0.3 is 6.09 Å². The van der Waals surface area contributed by atoms with Crippen molar-refractivity contribution >= 4 is 6.09 Å². The fourth-order valence-electron chi connectivity index (χ4n) is 0.836. The zero-order valence-corrected chi connectivity index (χ0v) is 9.49. The highest BCUT2D eigenvalue weighted by atomic mass is 16.6. The molecule has 15 heavy (non-hydrogen) atoms. The Balaban J connectivity index is 3.13. The molecule has 0 bridgehead atoms. The molecule has 0 radical (unpaired) electrons. The van der Waals surface area contributed by atoms with Crippen LogP contribution in [0.25, 0.3) is 0 Å². The van der Waals surface area contributed by atoms with Crippen molar-refractivity contribution in [3.8, 4) is 0 Å². The predicted octanol–water partition coefficient (Wildman–Crippen LogP) is 0.768. The Bertz CT molecular complexity index is 162. The molecule has 90 valence electrons. The van der Waals surface area contributed by atoms with E-state index in [2.05, 4.69) is 23.9 Å². The van der Waals surface area contributed by atoms with Crippen LogP contribution < -0.4 is 5.32 Å². The van der Waals surface area contributed by atoms with E-state index in [0.29, 0.717) is 25.7 Å². The van der Waals surface area contributed by atoms with Crippen molar-refractivity contribution in [2.45, 2.75) is 20.3 Å². The molecule has 0 saturated heterocycles. The lowest BCUT2D eigenvalue weighted by Crippen LogP contribution is -2.28. The van der Waals surface area contributed by atoms with Crippen LogP contribution in [0.1, 0.15) is 20.3 Å². The first-order chi connectivity index (χ1) is 7.16. The van der Waals surface area contributed by atoms with Gasteiger partial charge in [0.25, 0.3) is 0 Å². The number of amides is 1. The largest absolute Gasteiger partial charge is 0.447 e. The van der Waals surface area contributed by atoms with Crippen LogP contribution in [-0.4, -0.2) is 44.2 Å². The Kier molecular flexibility index (Phi) is 9.21. The first-order valence-corrected chi connectivity index (χ1v) is 5.26. The lowest BCUT2D eigenvalue weighted by molar-refractivity contribution is 0.105. The van der Waals surface area contributed by atoms with E-state index >= 15 is 0 Å². The molecule has 0 fully saturated rings. The molecule has 2 N–H and O–H groups in total. The number of aliphatic hydroxyl groups excluding tert-OH is 1. The van der Waals surface area contributed by atoms with Crippen molar-refractivity contribution in [2.75, 3.05) is 33.0 Å². The summed E-state index contributed by atoms with van der Waals surface area (Å²) < 4.78 is 9.86. The van der Waals surface area contributed by atoms with Gasteiger partial charge in [-0.1, -0.05) is 13.8 Å². The van der Waals surface area contributed by atoms with Crippen molar-refractivity contribution in [2.24, 2.45) is 5.92 Å². The molecular formula is C10H21NO4. The highest BCUT2D eigenvalue weighted by Crippen LogP contribution is 1.98. The van der Waals surface area contributed by atoms with Crippen molar-refractivity contribution in [3.05, 3.63) is 0 Å². The van der Waals surface area contributed by atoms with Crippen LogP contribution in [0, 0.1) is 5.92 Å². The van der Waals surface area contributed by atoms with Gasteiger partial charge in [0, 0.05) is 13.2 Å². The number of hydrogen-bond acceptors (Lipinski definition) is 4. The Morgan fingerprint density at radius 2 is 2.07 bits per heavy atom. The molecule has 0 aromatic carbocycles. The van der Waals surface area contributed by atoms with Gasteiger partial charge in [0.1, 0.15) is 6.61 Å². The van der Waals surface area contributed by atoms with Gasteiger partial charge < -0.3 is 19.9 Å². The molecule has 1 amide bonds. The molecule has 5 nitrogen and oxygen atoms in total. The summed E-state index contributed by atoms with van der Waals surface area (Å²) in [5.41, 5.74) is 0. The topological polar surface area (TPSA) is 67.8 Å². The summed E-state index contributed by atoms with van der Waals surface area (Å²) >= 11 is 0. The van der Waals surface area contributed by atoms with Crippen molar-refractivity contribution in [1.82, 2.24) is 5.32 Å². The summed E-state index contributed by atoms with van der Waals surface area (Å²) in [4.78, 5) is 10.8. The molecular weight excluding hydrogens is 198 g/mol. The van der Waals surface area contributed by atoms with Crippen LogP contribution in [-0.2, 0) is 9.47 Å². The fourth-order valence-corrected chi connectivity index (χ4v) is 0.836. The van der Waals surface area contributed by atoms with Crippen LogP contribution in [0.2, 0.25) is 0 Å². The minimum absolute atomic E-state index is 0.0278. The minimum Gasteiger partial charge on any atom is -0.447 e. The van der Waals surface area contributed by atoms with Gasteiger partial charge in [-0.15, -0.1) is 0 Å². The summed E-state index contributed by atoms with van der Waals surface area (Å²) in [6.07, 6.45) is 0.506. The molecule has 0 aliphatic heterocycles. The number of carbonyl (C=O) groups is 1. The van der Waals surface area contributed by atoms with Gasteiger partial charge in [-0.25, -0.2) is 4.79 Å². The highest BCUT2D eigenvalue weighted by Gasteiger charge is 1.99. The van der Waals surface area contributed by atoms with E-state index in [-0.39, 0.29) is 13.2 Å². The zero-order chi connectivity index (χ0) is 11.5. The van der Waals surface area contributed by atoms with E-state index in [1.54, 1.807) is 0 Å². The van der Waals surface area contributed by atoms with Crippen LogP contribution in [0.15, 0.2) is 0 Å². The second-order valence-corrected chi connectivity index (χ2v) is 3.58. The Morgan fingerprint density at radius 1 is 1.33 bits per heavy atom. The number of carbonyl (C=O) groups excluding carboxylic acids is 1. The summed E-state index contributed by atoms with van der Waals surface area (Å²) in [6.45, 7) is 5.77. The SMILES string of the molecule is CC(C)CCOCCNC(=O)OCCO. The maximum Gasteiger partial charge on any atom is 0.407 e. The lowest BCUT2D eigenvalue weighted by Gasteiger charge is -2.07. The van der Waals surface area contributed by atoms with Crippen LogP contribution >= 0.6 is 0 Å². The van der Waals surface area contributed by atoms with Crippen LogP contribution in [0.3, 0.4) is 0 Å². The maximum atomic E-state index is 10.8. The lowest BCUT2D eigenvalue weighted by atomic mass is 10.1. The summed E-state index contributed by atoms with van der Waals surface area (Å²) in [5, 5.41) is 10.9. The Morgan fingerprint density at radius 3 is 2.67 bits per heavy atom. The third kappa shape index (κ3) is 11.1. The average Bonchev–Trinajstić information content (AvgIpc) is 2.19. The molecule has 0 aromatic rings. The number of nitrogens with one attached hydrogen (secondary N) is 1. The fraction of sp³-hybridized carbons (Fsp3) is 0.900. The van der Waals surface area contributed by atoms with Gasteiger partial charge in [-0.05, 0) is 12.3 Å². The molecule has 5 heteroatoms. The van der Waals surface area contributed by atoms with Crippen molar-refractivity contribution < 1.29 is 19.4 Å². The second-order valence-electron chi connectivity index (χ2n) is 3.58. The molecule has 0 aliphatic rings. The van der Waals surface area contributed by atoms with E-state index < -0.39 is 6.09 Å². The Labute approximate surface area is 90.8 Å². The summed E-state index contributed by atoms with van der Waals surface area (Å²) in [6, 6.07) is 0. The quantitative estimate of drug-likeness (QED) is 0.592. The predicted molar refractivity (Wildman–Crippen MR) is 56.7 cm³/mol. The summed E-state index contributed by atoms with van der Waals surface area (Å²) in [5.74, 6) is 0.632. The van der Waals surface area contributed by atoms with Gasteiger partial charge in [-0.3, -0.25) is 0 Å². The molecule has 0 heterocycles. The smallest absolute Gasteiger partial charge is 0.407 e. The number of ether oxygens (including phenoxy) is 2. The molecule has 0 atom stereocenters. The van der Waals surface area contributed by atoms with Crippen molar-refractivity contribution in [3.63, 3.8) is 0 Å². The summed E-state index contributed by atoms with van der Waals surface area (Å²) in [7, 11) is 0. The van der Waals surface area contributed by atoms with Crippen molar-refractivity contribution in [1.29, 1.82) is 0 Å². The minimum atomic E-state index is -0.517. The van der Waals surface area contributed by atoms with E-state index in [0.717, 1.165) is 6.42 Å². The molecule has 0 rings (SSSR count). The third-order valence-corrected chi connectivity index (χ3v) is 1.68. The van der Waals surface area contributed by atoms with Gasteiger partial charge in [0.05, 0.1) is 13.2 Å². The molecule has 0 aromatic heterocycles. The van der Waals surface area contributed by atoms with Crippen LogP contribution in [0.5, 0.6) is 0 Å². The Hall–Kier alpha value is -0.810. The van der Waals surface area contributed by atoms with E-state index in [9.17, 15) is 4.79 Å². The zero-order valence-electron chi connectivity index (χ0n) is 9.49. The number of hydrogen-bond donors (Lipinski definition) is 2. The first kappa shape index (κ1) is 14.2. The third-order valence-electron chi connectivity index (χ3n) is 1.68. The second kappa shape index (κ2) is 9.73. The maximum absolute atomic E-state index is 10.8. The molecule has 0 unspecified atom stereocenters. The van der Waals surface area contributed by atoms with Gasteiger partial charge in [0.2, 0.25) is 0 Å². The number of aliphatic hydroxyl groups is 1.